The van der Waals surface area contributed by atoms with Crippen molar-refractivity contribution < 1.29 is 14.0 Å². The van der Waals surface area contributed by atoms with Crippen molar-refractivity contribution in [1.29, 1.82) is 0 Å². The van der Waals surface area contributed by atoms with Gasteiger partial charge in [-0.05, 0) is 55.4 Å². The van der Waals surface area contributed by atoms with Crippen LogP contribution in [-0.4, -0.2) is 27.2 Å². The van der Waals surface area contributed by atoms with E-state index in [4.69, 9.17) is 16.6 Å². The molecule has 5 rings (SSSR count). The molecule has 0 spiro atoms. The fourth-order valence-electron chi connectivity index (χ4n) is 4.09. The first-order valence-electron chi connectivity index (χ1n) is 10.3. The normalized spacial score (nSPS) is 14.2. The highest BCUT2D eigenvalue weighted by molar-refractivity contribution is 7.73. The summed E-state index contributed by atoms with van der Waals surface area (Å²) in [5.74, 6) is 0.0893. The number of carbonyl (C=O) groups is 2. The highest BCUT2D eigenvalue weighted by Crippen LogP contribution is 2.25. The first-order valence-corrected chi connectivity index (χ1v) is 11.6. The molecule has 1 aliphatic rings. The van der Waals surface area contributed by atoms with Gasteiger partial charge in [0.1, 0.15) is 16.3 Å². The summed E-state index contributed by atoms with van der Waals surface area (Å²) in [6, 6.07) is 8.47. The van der Waals surface area contributed by atoms with Crippen LogP contribution in [0, 0.1) is 3.95 Å². The maximum atomic E-state index is 12.9. The van der Waals surface area contributed by atoms with Gasteiger partial charge in [0.15, 0.2) is 3.95 Å². The third kappa shape index (κ3) is 3.76. The minimum absolute atomic E-state index is 0.148. The molecule has 1 aromatic carbocycles. The minimum Gasteiger partial charge on any atom is -0.467 e. The number of nitrogens with zero attached hydrogens (tertiary/aromatic N) is 1. The molecule has 3 aromatic heterocycles. The molecular weight excluding hydrogens is 448 g/mol. The SMILES string of the molecule is O=C(NCc1ccco1)c1ccc2c(=O)[nH]c3c(C(=O)NC4CCCC4)sc(=S)n3c2c1. The maximum Gasteiger partial charge on any atom is 0.265 e. The summed E-state index contributed by atoms with van der Waals surface area (Å²) in [7, 11) is 0. The third-order valence-electron chi connectivity index (χ3n) is 5.69. The lowest BCUT2D eigenvalue weighted by Gasteiger charge is -2.11. The van der Waals surface area contributed by atoms with Crippen molar-refractivity contribution in [2.24, 2.45) is 0 Å². The molecule has 0 saturated heterocycles. The zero-order valence-electron chi connectivity index (χ0n) is 17.0. The van der Waals surface area contributed by atoms with Crippen molar-refractivity contribution in [3.63, 3.8) is 0 Å². The number of aromatic nitrogens is 2. The predicted molar refractivity (Wildman–Crippen MR) is 124 cm³/mol. The fourth-order valence-corrected chi connectivity index (χ4v) is 5.37. The number of rotatable bonds is 5. The number of nitrogens with one attached hydrogen (secondary N) is 3. The number of hydrogen-bond donors (Lipinski definition) is 3. The van der Waals surface area contributed by atoms with Crippen LogP contribution >= 0.6 is 23.6 Å². The Morgan fingerprint density at radius 3 is 2.78 bits per heavy atom. The molecule has 164 valence electrons. The van der Waals surface area contributed by atoms with Gasteiger partial charge < -0.3 is 20.0 Å². The molecule has 0 unspecified atom stereocenters. The molecule has 8 nitrogen and oxygen atoms in total. The highest BCUT2D eigenvalue weighted by Gasteiger charge is 2.23. The Morgan fingerprint density at radius 1 is 1.22 bits per heavy atom. The molecule has 1 fully saturated rings. The smallest absolute Gasteiger partial charge is 0.265 e. The van der Waals surface area contributed by atoms with Gasteiger partial charge in [-0.15, -0.1) is 0 Å². The summed E-state index contributed by atoms with van der Waals surface area (Å²) in [5.41, 5.74) is 0.864. The Balaban J connectivity index is 1.54. The van der Waals surface area contributed by atoms with Crippen LogP contribution in [0.2, 0.25) is 0 Å². The molecule has 2 amide bonds. The van der Waals surface area contributed by atoms with Crippen LogP contribution in [0.15, 0.2) is 45.8 Å². The van der Waals surface area contributed by atoms with E-state index in [1.54, 1.807) is 41.0 Å². The van der Waals surface area contributed by atoms with E-state index in [9.17, 15) is 14.4 Å². The second-order valence-electron chi connectivity index (χ2n) is 7.78. The van der Waals surface area contributed by atoms with E-state index in [2.05, 4.69) is 15.6 Å². The number of hydrogen-bond acceptors (Lipinski definition) is 6. The minimum atomic E-state index is -0.342. The van der Waals surface area contributed by atoms with Gasteiger partial charge in [0.05, 0.1) is 23.7 Å². The predicted octanol–water partition coefficient (Wildman–Crippen LogP) is 3.77. The van der Waals surface area contributed by atoms with E-state index in [0.29, 0.717) is 36.7 Å². The molecule has 4 aromatic rings. The summed E-state index contributed by atoms with van der Waals surface area (Å²) in [5, 5.41) is 6.22. The second-order valence-corrected chi connectivity index (χ2v) is 9.43. The van der Waals surface area contributed by atoms with Crippen LogP contribution in [0.4, 0.5) is 0 Å². The third-order valence-corrected chi connectivity index (χ3v) is 7.06. The van der Waals surface area contributed by atoms with Crippen LogP contribution in [0.5, 0.6) is 0 Å². The van der Waals surface area contributed by atoms with E-state index in [0.717, 1.165) is 37.0 Å². The fraction of sp³-hybridized carbons (Fsp3) is 0.273. The van der Waals surface area contributed by atoms with Gasteiger partial charge in [0.25, 0.3) is 17.4 Å². The molecule has 0 aliphatic heterocycles. The Kier molecular flexibility index (Phi) is 5.40. The van der Waals surface area contributed by atoms with E-state index >= 15 is 0 Å². The molecule has 0 bridgehead atoms. The summed E-state index contributed by atoms with van der Waals surface area (Å²) in [6.07, 6.45) is 5.66. The van der Waals surface area contributed by atoms with Crippen molar-refractivity contribution in [3.8, 4) is 0 Å². The monoisotopic (exact) mass is 468 g/mol. The Bertz CT molecular complexity index is 1440. The lowest BCUT2D eigenvalue weighted by Crippen LogP contribution is -2.32. The number of aromatic amines is 1. The summed E-state index contributed by atoms with van der Waals surface area (Å²) in [6.45, 7) is 0.248. The van der Waals surface area contributed by atoms with Crippen LogP contribution < -0.4 is 16.2 Å². The van der Waals surface area contributed by atoms with Crippen molar-refractivity contribution in [2.75, 3.05) is 0 Å². The Hall–Kier alpha value is -3.24. The van der Waals surface area contributed by atoms with E-state index in [-0.39, 0.29) is 30.0 Å². The molecule has 0 radical (unpaired) electrons. The van der Waals surface area contributed by atoms with E-state index in [1.807, 2.05) is 0 Å². The molecule has 10 heteroatoms. The van der Waals surface area contributed by atoms with Crippen LogP contribution in [0.25, 0.3) is 16.6 Å². The summed E-state index contributed by atoms with van der Waals surface area (Å²) in [4.78, 5) is 41.5. The van der Waals surface area contributed by atoms with Gasteiger partial charge in [0.2, 0.25) is 0 Å². The Morgan fingerprint density at radius 2 is 2.03 bits per heavy atom. The zero-order valence-corrected chi connectivity index (χ0v) is 18.6. The molecule has 1 aliphatic carbocycles. The van der Waals surface area contributed by atoms with Crippen LogP contribution in [-0.2, 0) is 6.54 Å². The van der Waals surface area contributed by atoms with Gasteiger partial charge >= 0.3 is 0 Å². The first-order chi connectivity index (χ1) is 15.5. The number of benzene rings is 1. The number of amides is 2. The lowest BCUT2D eigenvalue weighted by atomic mass is 10.1. The highest BCUT2D eigenvalue weighted by atomic mass is 32.1. The summed E-state index contributed by atoms with van der Waals surface area (Å²) < 4.78 is 7.32. The quantitative estimate of drug-likeness (QED) is 0.387. The second kappa shape index (κ2) is 8.36. The van der Waals surface area contributed by atoms with Gasteiger partial charge in [-0.2, -0.15) is 0 Å². The van der Waals surface area contributed by atoms with E-state index < -0.39 is 0 Å². The number of furan rings is 1. The molecule has 32 heavy (non-hydrogen) atoms. The van der Waals surface area contributed by atoms with E-state index in [1.165, 1.54) is 0 Å². The average molecular weight is 469 g/mol. The van der Waals surface area contributed by atoms with Crippen molar-refractivity contribution in [2.45, 2.75) is 38.3 Å². The number of carbonyl (C=O) groups excluding carboxylic acids is 2. The zero-order chi connectivity index (χ0) is 22.2. The van der Waals surface area contributed by atoms with Gasteiger partial charge in [0, 0.05) is 11.6 Å². The molecule has 1 saturated carbocycles. The summed E-state index contributed by atoms with van der Waals surface area (Å²) >= 11 is 6.68. The van der Waals surface area contributed by atoms with Gasteiger partial charge in [-0.25, -0.2) is 0 Å². The van der Waals surface area contributed by atoms with Crippen LogP contribution in [0.3, 0.4) is 0 Å². The largest absolute Gasteiger partial charge is 0.467 e. The van der Waals surface area contributed by atoms with Crippen molar-refractivity contribution >= 4 is 51.9 Å². The molecule has 0 atom stereocenters. The Labute approximate surface area is 191 Å². The van der Waals surface area contributed by atoms with Gasteiger partial charge in [-0.1, -0.05) is 24.2 Å². The molecule has 3 N–H and O–H groups in total. The number of fused-ring (bicyclic) bond motifs is 3. The standard InChI is InChI=1S/C22H20N4O4S2/c27-19(23-11-14-6-3-9-30-14)12-7-8-15-16(10-12)26-18(25-20(15)28)17(32-22(26)31)21(29)24-13-4-1-2-5-13/h3,6-10,13H,1-2,4-5,11H2,(H,23,27)(H,24,29)(H,25,28). The number of thiazole rings is 1. The molecular formula is C22H20N4O4S2. The maximum absolute atomic E-state index is 12.9. The van der Waals surface area contributed by atoms with Crippen LogP contribution in [0.1, 0.15) is 51.5 Å². The first kappa shape index (κ1) is 20.7. The molecule has 3 heterocycles. The average Bonchev–Trinajstić information content (AvgIpc) is 3.54. The number of H-pyrrole nitrogens is 1. The van der Waals surface area contributed by atoms with Crippen molar-refractivity contribution in [1.82, 2.24) is 20.0 Å². The topological polar surface area (TPSA) is 109 Å². The van der Waals surface area contributed by atoms with Crippen molar-refractivity contribution in [3.05, 3.63) is 67.1 Å². The lowest BCUT2D eigenvalue weighted by molar-refractivity contribution is 0.0937. The van der Waals surface area contributed by atoms with Gasteiger partial charge in [-0.3, -0.25) is 18.8 Å².